The van der Waals surface area contributed by atoms with Crippen LogP contribution >= 0.6 is 0 Å². The van der Waals surface area contributed by atoms with Crippen molar-refractivity contribution in [2.45, 2.75) is 32.4 Å². The summed E-state index contributed by atoms with van der Waals surface area (Å²) in [6, 6.07) is 11.5. The number of aryl methyl sites for hydroxylation is 1. The van der Waals surface area contributed by atoms with Gasteiger partial charge in [-0.1, -0.05) is 12.1 Å². The average Bonchev–Trinajstić information content (AvgIpc) is 3.54. The predicted molar refractivity (Wildman–Crippen MR) is 147 cm³/mol. The number of pyridine rings is 1. The van der Waals surface area contributed by atoms with Crippen molar-refractivity contribution in [2.24, 2.45) is 7.05 Å². The molecule has 1 unspecified atom stereocenters. The topological polar surface area (TPSA) is 131 Å². The lowest BCUT2D eigenvalue weighted by molar-refractivity contribution is 0.0948. The van der Waals surface area contributed by atoms with Gasteiger partial charge in [0.25, 0.3) is 5.91 Å². The molecule has 202 valence electrons. The molecule has 0 fully saturated rings. The molecule has 3 heterocycles. The van der Waals surface area contributed by atoms with Crippen LogP contribution in [-0.2, 0) is 7.05 Å². The number of rotatable bonds is 13. The second-order valence-electron chi connectivity index (χ2n) is 9.44. The van der Waals surface area contributed by atoms with E-state index in [0.29, 0.717) is 31.1 Å². The second kappa shape index (κ2) is 12.5. The summed E-state index contributed by atoms with van der Waals surface area (Å²) in [7, 11) is 3.57. The van der Waals surface area contributed by atoms with E-state index in [1.807, 2.05) is 41.2 Å². The number of aliphatic hydroxyl groups excluding tert-OH is 1. The van der Waals surface area contributed by atoms with Crippen LogP contribution in [0.25, 0.3) is 22.3 Å². The molecule has 4 rings (SSSR count). The third-order valence-electron chi connectivity index (χ3n) is 5.97. The summed E-state index contributed by atoms with van der Waals surface area (Å²) in [5.74, 6) is 0.480. The highest BCUT2D eigenvalue weighted by Crippen LogP contribution is 2.31. The molecule has 1 aromatic carbocycles. The summed E-state index contributed by atoms with van der Waals surface area (Å²) in [6.07, 6.45) is 3.71. The van der Waals surface area contributed by atoms with E-state index in [1.165, 1.54) is 0 Å². The largest absolute Gasteiger partial charge is 0.491 e. The number of fused-ring (bicyclic) bond motifs is 1. The number of aromatic nitrogens is 5. The van der Waals surface area contributed by atoms with Gasteiger partial charge in [0.15, 0.2) is 5.65 Å². The molecule has 11 nitrogen and oxygen atoms in total. The van der Waals surface area contributed by atoms with Crippen molar-refractivity contribution in [1.29, 1.82) is 0 Å². The molecule has 1 atom stereocenters. The van der Waals surface area contributed by atoms with E-state index < -0.39 is 6.10 Å². The molecule has 0 saturated heterocycles. The lowest BCUT2D eigenvalue weighted by Gasteiger charge is -2.14. The highest BCUT2D eigenvalue weighted by Gasteiger charge is 2.15. The molecule has 4 N–H and O–H groups in total. The van der Waals surface area contributed by atoms with E-state index in [1.54, 1.807) is 31.0 Å². The van der Waals surface area contributed by atoms with Crippen LogP contribution in [0.3, 0.4) is 0 Å². The van der Waals surface area contributed by atoms with Crippen LogP contribution in [0.1, 0.15) is 36.8 Å². The first-order chi connectivity index (χ1) is 18.4. The SMILES string of the molecule is CNCC(O)COc1cccc(-c2cc(NCCCNC(=O)c3ccn(C)n3)c3cnn(C(C)C)c3n2)c1. The Hall–Kier alpha value is -3.96. The number of likely N-dealkylation sites (N-methyl/N-ethyl adjacent to an activating group) is 1. The van der Waals surface area contributed by atoms with Crippen LogP contribution in [0, 0.1) is 0 Å². The number of nitrogens with zero attached hydrogens (tertiary/aromatic N) is 5. The first-order valence-corrected chi connectivity index (χ1v) is 12.8. The van der Waals surface area contributed by atoms with Gasteiger partial charge in [-0.25, -0.2) is 9.67 Å². The van der Waals surface area contributed by atoms with Gasteiger partial charge in [-0.2, -0.15) is 10.2 Å². The normalized spacial score (nSPS) is 12.2. The van der Waals surface area contributed by atoms with Gasteiger partial charge < -0.3 is 25.8 Å². The molecule has 0 radical (unpaired) electrons. The molecular weight excluding hydrogens is 484 g/mol. The Morgan fingerprint density at radius 3 is 2.76 bits per heavy atom. The summed E-state index contributed by atoms with van der Waals surface area (Å²) in [6.45, 7) is 5.97. The zero-order valence-electron chi connectivity index (χ0n) is 22.3. The number of hydrogen-bond acceptors (Lipinski definition) is 8. The van der Waals surface area contributed by atoms with Gasteiger partial charge in [-0.3, -0.25) is 9.48 Å². The number of carbonyl (C=O) groups excluding carboxylic acids is 1. The van der Waals surface area contributed by atoms with Gasteiger partial charge in [0.1, 0.15) is 24.2 Å². The lowest BCUT2D eigenvalue weighted by atomic mass is 10.1. The summed E-state index contributed by atoms with van der Waals surface area (Å²) in [4.78, 5) is 17.2. The highest BCUT2D eigenvalue weighted by atomic mass is 16.5. The summed E-state index contributed by atoms with van der Waals surface area (Å²) < 4.78 is 9.31. The van der Waals surface area contributed by atoms with Crippen LogP contribution in [0.4, 0.5) is 5.69 Å². The van der Waals surface area contributed by atoms with E-state index in [4.69, 9.17) is 9.72 Å². The first kappa shape index (κ1) is 27.1. The standard InChI is InChI=1S/C27H36N8O3/c1-18(2)35-26-22(16-31-35)25(29-10-6-11-30-27(37)23-9-12-34(4)33-23)14-24(32-26)19-7-5-8-21(13-19)38-17-20(36)15-28-3/h5,7-9,12-14,16,18,20,28,36H,6,10-11,15,17H2,1-4H3,(H,29,32)(H,30,37). The fourth-order valence-corrected chi connectivity index (χ4v) is 4.06. The Balaban J connectivity index is 1.48. The number of ether oxygens (including phenoxy) is 1. The molecule has 0 aliphatic heterocycles. The molecule has 0 spiro atoms. The lowest BCUT2D eigenvalue weighted by Crippen LogP contribution is -2.29. The summed E-state index contributed by atoms with van der Waals surface area (Å²) >= 11 is 0. The van der Waals surface area contributed by atoms with E-state index in [2.05, 4.69) is 40.0 Å². The number of nitrogens with one attached hydrogen (secondary N) is 3. The molecular formula is C27H36N8O3. The van der Waals surface area contributed by atoms with Crippen molar-refractivity contribution >= 4 is 22.6 Å². The number of hydrogen-bond donors (Lipinski definition) is 4. The van der Waals surface area contributed by atoms with E-state index in [-0.39, 0.29) is 18.6 Å². The monoisotopic (exact) mass is 520 g/mol. The zero-order chi connectivity index (χ0) is 27.1. The Morgan fingerprint density at radius 2 is 2.03 bits per heavy atom. The Bertz CT molecular complexity index is 1360. The minimum Gasteiger partial charge on any atom is -0.491 e. The molecule has 0 saturated carbocycles. The van der Waals surface area contributed by atoms with Gasteiger partial charge in [0.2, 0.25) is 0 Å². The molecule has 0 aliphatic rings. The average molecular weight is 521 g/mol. The van der Waals surface area contributed by atoms with Gasteiger partial charge >= 0.3 is 0 Å². The van der Waals surface area contributed by atoms with E-state index >= 15 is 0 Å². The fraction of sp³-hybridized carbons (Fsp3) is 0.407. The highest BCUT2D eigenvalue weighted by molar-refractivity contribution is 5.92. The minimum atomic E-state index is -0.594. The van der Waals surface area contributed by atoms with Crippen molar-refractivity contribution in [3.8, 4) is 17.0 Å². The summed E-state index contributed by atoms with van der Waals surface area (Å²) in [5, 5.41) is 28.9. The van der Waals surface area contributed by atoms with Crippen molar-refractivity contribution in [3.05, 3.63) is 54.5 Å². The Morgan fingerprint density at radius 1 is 1.18 bits per heavy atom. The van der Waals surface area contributed by atoms with Crippen LogP contribution in [0.15, 0.2) is 48.8 Å². The molecule has 1 amide bonds. The number of benzene rings is 1. The maximum atomic E-state index is 12.2. The van der Waals surface area contributed by atoms with Gasteiger partial charge in [0.05, 0.1) is 17.3 Å². The molecule has 4 aromatic rings. The van der Waals surface area contributed by atoms with Gasteiger partial charge in [-0.15, -0.1) is 0 Å². The first-order valence-electron chi connectivity index (χ1n) is 12.8. The fourth-order valence-electron chi connectivity index (χ4n) is 4.06. The number of aliphatic hydroxyl groups is 1. The van der Waals surface area contributed by atoms with Crippen LogP contribution in [0.2, 0.25) is 0 Å². The third kappa shape index (κ3) is 6.67. The number of carbonyl (C=O) groups is 1. The second-order valence-corrected chi connectivity index (χ2v) is 9.44. The van der Waals surface area contributed by atoms with Crippen LogP contribution in [0.5, 0.6) is 5.75 Å². The molecule has 0 aliphatic carbocycles. The predicted octanol–water partition coefficient (Wildman–Crippen LogP) is 2.60. The van der Waals surface area contributed by atoms with Crippen molar-refractivity contribution < 1.29 is 14.6 Å². The van der Waals surface area contributed by atoms with E-state index in [9.17, 15) is 9.90 Å². The maximum Gasteiger partial charge on any atom is 0.271 e. The van der Waals surface area contributed by atoms with Crippen LogP contribution < -0.4 is 20.7 Å². The van der Waals surface area contributed by atoms with E-state index in [0.717, 1.165) is 34.4 Å². The van der Waals surface area contributed by atoms with Crippen molar-refractivity contribution in [1.82, 2.24) is 35.2 Å². The summed E-state index contributed by atoms with van der Waals surface area (Å²) in [5.41, 5.74) is 3.80. The van der Waals surface area contributed by atoms with Crippen molar-refractivity contribution in [3.63, 3.8) is 0 Å². The third-order valence-corrected chi connectivity index (χ3v) is 5.97. The van der Waals surface area contributed by atoms with Gasteiger partial charge in [0, 0.05) is 50.2 Å². The Labute approximate surface area is 222 Å². The number of anilines is 1. The molecule has 38 heavy (non-hydrogen) atoms. The van der Waals surface area contributed by atoms with Gasteiger partial charge in [-0.05, 0) is 51.6 Å². The molecule has 11 heteroatoms. The molecule has 0 bridgehead atoms. The van der Waals surface area contributed by atoms with Crippen LogP contribution in [-0.4, -0.2) is 75.0 Å². The maximum absolute atomic E-state index is 12.2. The quantitative estimate of drug-likeness (QED) is 0.198. The minimum absolute atomic E-state index is 0.147. The number of amides is 1. The Kier molecular flexibility index (Phi) is 8.93. The smallest absolute Gasteiger partial charge is 0.271 e. The molecule has 3 aromatic heterocycles. The zero-order valence-corrected chi connectivity index (χ0v) is 22.3. The van der Waals surface area contributed by atoms with Crippen molar-refractivity contribution in [2.75, 3.05) is 38.6 Å².